The molecule has 1 saturated carbocycles. The Morgan fingerprint density at radius 2 is 1.67 bits per heavy atom. The average Bonchev–Trinajstić information content (AvgIpc) is 2.49. The van der Waals surface area contributed by atoms with Crippen molar-refractivity contribution in [3.63, 3.8) is 0 Å². The van der Waals surface area contributed by atoms with Gasteiger partial charge in [-0.2, -0.15) is 0 Å². The number of alkyl halides is 1. The Bertz CT molecular complexity index is 663. The van der Waals surface area contributed by atoms with Gasteiger partial charge in [0, 0.05) is 20.9 Å². The van der Waals surface area contributed by atoms with Crippen molar-refractivity contribution in [2.75, 3.05) is 0 Å². The fourth-order valence-electron chi connectivity index (χ4n) is 2.82. The second-order valence-electron chi connectivity index (χ2n) is 5.63. The Balaban J connectivity index is 1.74. The van der Waals surface area contributed by atoms with Gasteiger partial charge in [-0.1, -0.05) is 44.0 Å². The fourth-order valence-corrected chi connectivity index (χ4v) is 3.73. The number of carbonyl (C=O) groups excluding carboxylic acids is 1. The zero-order chi connectivity index (χ0) is 14.8. The minimum Gasteiger partial charge on any atom is -0.349 e. The third-order valence-electron chi connectivity index (χ3n) is 4.06. The third kappa shape index (κ3) is 3.67. The molecule has 0 heterocycles. The van der Waals surface area contributed by atoms with Crippen LogP contribution < -0.4 is 5.32 Å². The molecule has 3 rings (SSSR count). The van der Waals surface area contributed by atoms with Crippen LogP contribution in [0.25, 0.3) is 10.8 Å². The Morgan fingerprint density at radius 1 is 1.00 bits per heavy atom. The number of nitrogens with one attached hydrogen (secondary N) is 1. The molecule has 1 N–H and O–H groups in total. The maximum atomic E-state index is 12.4. The van der Waals surface area contributed by atoms with E-state index < -0.39 is 0 Å². The van der Waals surface area contributed by atoms with E-state index in [9.17, 15) is 4.79 Å². The minimum atomic E-state index is 0.0397. The molecule has 0 unspecified atom stereocenters. The molecule has 1 aliphatic rings. The largest absolute Gasteiger partial charge is 0.349 e. The molecule has 0 atom stereocenters. The first-order valence-electron chi connectivity index (χ1n) is 7.26. The van der Waals surface area contributed by atoms with Crippen molar-refractivity contribution >= 4 is 48.5 Å². The molecule has 1 aliphatic carbocycles. The second kappa shape index (κ2) is 6.49. The first-order chi connectivity index (χ1) is 10.1. The van der Waals surface area contributed by atoms with E-state index in [2.05, 4.69) is 43.2 Å². The van der Waals surface area contributed by atoms with Crippen LogP contribution in [0.3, 0.4) is 0 Å². The highest BCUT2D eigenvalue weighted by Gasteiger charge is 2.21. The lowest BCUT2D eigenvalue weighted by molar-refractivity contribution is 0.0928. The lowest BCUT2D eigenvalue weighted by atomic mass is 9.95. The lowest BCUT2D eigenvalue weighted by Gasteiger charge is -2.26. The second-order valence-corrected chi connectivity index (χ2v) is 7.84. The van der Waals surface area contributed by atoms with E-state index in [1.54, 1.807) is 0 Å². The highest BCUT2D eigenvalue weighted by Crippen LogP contribution is 2.25. The van der Waals surface area contributed by atoms with Crippen LogP contribution in [-0.4, -0.2) is 16.8 Å². The van der Waals surface area contributed by atoms with E-state index in [1.165, 1.54) is 0 Å². The Hall–Kier alpha value is -0.870. The molecule has 0 aromatic heterocycles. The predicted molar refractivity (Wildman–Crippen MR) is 94.1 cm³/mol. The molecule has 1 amide bonds. The zero-order valence-corrected chi connectivity index (χ0v) is 14.8. The summed E-state index contributed by atoms with van der Waals surface area (Å²) < 4.78 is 1.05. The topological polar surface area (TPSA) is 29.1 Å². The van der Waals surface area contributed by atoms with Crippen LogP contribution in [0.5, 0.6) is 0 Å². The summed E-state index contributed by atoms with van der Waals surface area (Å²) >= 11 is 7.11. The van der Waals surface area contributed by atoms with E-state index >= 15 is 0 Å². The van der Waals surface area contributed by atoms with Crippen LogP contribution >= 0.6 is 31.9 Å². The molecular weight excluding hydrogens is 394 g/mol. The van der Waals surface area contributed by atoms with Gasteiger partial charge in [0.15, 0.2) is 0 Å². The Labute approximate surface area is 141 Å². The first kappa shape index (κ1) is 15.0. The van der Waals surface area contributed by atoms with Crippen LogP contribution in [0.15, 0.2) is 40.9 Å². The normalized spacial score (nSPS) is 22.2. The van der Waals surface area contributed by atoms with Gasteiger partial charge >= 0.3 is 0 Å². The highest BCUT2D eigenvalue weighted by atomic mass is 79.9. The summed E-state index contributed by atoms with van der Waals surface area (Å²) in [5, 5.41) is 5.39. The molecule has 0 bridgehead atoms. The molecule has 0 aliphatic heterocycles. The van der Waals surface area contributed by atoms with Gasteiger partial charge in [-0.3, -0.25) is 4.79 Å². The van der Waals surface area contributed by atoms with Gasteiger partial charge in [0.05, 0.1) is 0 Å². The van der Waals surface area contributed by atoms with Gasteiger partial charge in [-0.25, -0.2) is 0 Å². The highest BCUT2D eigenvalue weighted by molar-refractivity contribution is 9.10. The molecule has 0 radical (unpaired) electrons. The van der Waals surface area contributed by atoms with Gasteiger partial charge in [0.2, 0.25) is 0 Å². The quantitative estimate of drug-likeness (QED) is 0.690. The van der Waals surface area contributed by atoms with Gasteiger partial charge < -0.3 is 5.32 Å². The minimum absolute atomic E-state index is 0.0397. The molecule has 0 saturated heterocycles. The van der Waals surface area contributed by atoms with Crippen LogP contribution in [-0.2, 0) is 0 Å². The first-order valence-corrected chi connectivity index (χ1v) is 8.97. The van der Waals surface area contributed by atoms with E-state index in [0.717, 1.165) is 46.5 Å². The van der Waals surface area contributed by atoms with Crippen molar-refractivity contribution < 1.29 is 4.79 Å². The molecule has 110 valence electrons. The monoisotopic (exact) mass is 409 g/mol. The maximum absolute atomic E-state index is 12.4. The third-order valence-corrected chi connectivity index (χ3v) is 5.47. The van der Waals surface area contributed by atoms with E-state index in [0.29, 0.717) is 10.9 Å². The zero-order valence-electron chi connectivity index (χ0n) is 11.6. The van der Waals surface area contributed by atoms with Gasteiger partial charge in [0.25, 0.3) is 5.91 Å². The van der Waals surface area contributed by atoms with Crippen LogP contribution in [0, 0.1) is 0 Å². The van der Waals surface area contributed by atoms with E-state index in [-0.39, 0.29) is 5.91 Å². The average molecular weight is 411 g/mol. The van der Waals surface area contributed by atoms with Gasteiger partial charge in [-0.05, 0) is 60.7 Å². The number of halogens is 2. The number of amides is 1. The summed E-state index contributed by atoms with van der Waals surface area (Å²) in [7, 11) is 0. The van der Waals surface area contributed by atoms with Crippen molar-refractivity contribution in [3.05, 3.63) is 46.4 Å². The number of hydrogen-bond acceptors (Lipinski definition) is 1. The maximum Gasteiger partial charge on any atom is 0.251 e. The van der Waals surface area contributed by atoms with E-state index in [1.807, 2.05) is 30.3 Å². The van der Waals surface area contributed by atoms with Crippen molar-refractivity contribution in [2.45, 2.75) is 36.6 Å². The molecule has 2 nitrogen and oxygen atoms in total. The standard InChI is InChI=1S/C17H17Br2NO/c18-14-5-7-16(8-6-14)20-17(21)13-2-1-12-10-15(19)4-3-11(12)9-13/h1-4,9-10,14,16H,5-8H2,(H,20,21). The van der Waals surface area contributed by atoms with Crippen LogP contribution in [0.4, 0.5) is 0 Å². The fraction of sp³-hybridized carbons (Fsp3) is 0.353. The summed E-state index contributed by atoms with van der Waals surface area (Å²) in [5.41, 5.74) is 0.741. The molecule has 0 spiro atoms. The predicted octanol–water partition coefficient (Wildman–Crippen LogP) is 5.04. The van der Waals surface area contributed by atoms with Crippen LogP contribution in [0.2, 0.25) is 0 Å². The SMILES string of the molecule is O=C(NC1CCC(Br)CC1)c1ccc2cc(Br)ccc2c1. The number of hydrogen-bond donors (Lipinski definition) is 1. The molecule has 2 aromatic rings. The summed E-state index contributed by atoms with van der Waals surface area (Å²) in [5.74, 6) is 0.0397. The molecule has 4 heteroatoms. The van der Waals surface area contributed by atoms with Crippen LogP contribution in [0.1, 0.15) is 36.0 Å². The van der Waals surface area contributed by atoms with E-state index in [4.69, 9.17) is 0 Å². The lowest BCUT2D eigenvalue weighted by Crippen LogP contribution is -2.37. The van der Waals surface area contributed by atoms with Gasteiger partial charge in [-0.15, -0.1) is 0 Å². The summed E-state index contributed by atoms with van der Waals surface area (Å²) in [6.45, 7) is 0. The number of benzene rings is 2. The molecule has 21 heavy (non-hydrogen) atoms. The van der Waals surface area contributed by atoms with Crippen molar-refractivity contribution in [1.29, 1.82) is 0 Å². The van der Waals surface area contributed by atoms with Gasteiger partial charge in [0.1, 0.15) is 0 Å². The summed E-state index contributed by atoms with van der Waals surface area (Å²) in [6.07, 6.45) is 4.39. The molecule has 2 aromatic carbocycles. The molecular formula is C17H17Br2NO. The molecule has 1 fully saturated rings. The number of rotatable bonds is 2. The Kier molecular flexibility index (Phi) is 4.65. The van der Waals surface area contributed by atoms with Crippen molar-refractivity contribution in [3.8, 4) is 0 Å². The number of fused-ring (bicyclic) bond motifs is 1. The summed E-state index contributed by atoms with van der Waals surface area (Å²) in [4.78, 5) is 13.0. The number of carbonyl (C=O) groups is 1. The smallest absolute Gasteiger partial charge is 0.251 e. The van der Waals surface area contributed by atoms with Crippen molar-refractivity contribution in [1.82, 2.24) is 5.32 Å². The van der Waals surface area contributed by atoms with Crippen molar-refractivity contribution in [2.24, 2.45) is 0 Å². The Morgan fingerprint density at radius 3 is 2.43 bits per heavy atom. The summed E-state index contributed by atoms with van der Waals surface area (Å²) in [6, 6.07) is 12.3.